The van der Waals surface area contributed by atoms with E-state index < -0.39 is 0 Å². The molecular weight excluding hydrogens is 671 g/mol. The molecule has 2 atom stereocenters. The van der Waals surface area contributed by atoms with Crippen molar-refractivity contribution in [2.75, 3.05) is 0 Å². The van der Waals surface area contributed by atoms with Crippen LogP contribution in [0.1, 0.15) is 29.0 Å². The van der Waals surface area contributed by atoms with Crippen LogP contribution in [-0.4, -0.2) is 5.84 Å². The van der Waals surface area contributed by atoms with Gasteiger partial charge in [0, 0.05) is 27.5 Å². The molecule has 2 heterocycles. The number of rotatable bonds is 5. The summed E-state index contributed by atoms with van der Waals surface area (Å²) in [6, 6.07) is 67.0. The van der Waals surface area contributed by atoms with E-state index in [2.05, 4.69) is 193 Å². The maximum Gasteiger partial charge on any atom is 0.143 e. The van der Waals surface area contributed by atoms with Crippen molar-refractivity contribution in [3.8, 4) is 22.3 Å². The Kier molecular flexibility index (Phi) is 7.35. The molecule has 55 heavy (non-hydrogen) atoms. The summed E-state index contributed by atoms with van der Waals surface area (Å²) >= 11 is 0. The molecule has 2 N–H and O–H groups in total. The minimum absolute atomic E-state index is 0.182. The molecule has 1 aliphatic rings. The zero-order chi connectivity index (χ0) is 36.3. The molecule has 4 heteroatoms. The highest BCUT2D eigenvalue weighted by atomic mass is 16.3. The topological polar surface area (TPSA) is 49.6 Å². The lowest BCUT2D eigenvalue weighted by Crippen LogP contribution is -2.45. The van der Waals surface area contributed by atoms with Crippen LogP contribution in [0.25, 0.3) is 76.5 Å². The number of nitrogens with one attached hydrogen (secondary N) is 2. The Labute approximate surface area is 318 Å². The number of benzene rings is 9. The average molecular weight is 706 g/mol. The van der Waals surface area contributed by atoms with Crippen LogP contribution in [0.15, 0.2) is 197 Å². The SMILES string of the molecule is c1ccc(C2=NC(c3ccc(-c4ccc(-c5ccc6ccccc6c5)cc4)c4oc5cc6ccccc6cc5c34)NC(c3ccc4ccccc4c3)N2)cc1. The predicted octanol–water partition coefficient (Wildman–Crippen LogP) is 12.7. The number of fused-ring (bicyclic) bond motifs is 6. The molecule has 0 saturated carbocycles. The van der Waals surface area contributed by atoms with Crippen LogP contribution in [0.4, 0.5) is 0 Å². The van der Waals surface area contributed by atoms with E-state index in [1.54, 1.807) is 0 Å². The summed E-state index contributed by atoms with van der Waals surface area (Å²) in [4.78, 5) is 5.38. The quantitative estimate of drug-likeness (QED) is 0.187. The number of nitrogens with zero attached hydrogens (tertiary/aromatic N) is 1. The van der Waals surface area contributed by atoms with Crippen molar-refractivity contribution in [1.82, 2.24) is 10.6 Å². The molecule has 11 rings (SSSR count). The molecule has 4 nitrogen and oxygen atoms in total. The lowest BCUT2D eigenvalue weighted by molar-refractivity contribution is 0.411. The van der Waals surface area contributed by atoms with Gasteiger partial charge >= 0.3 is 0 Å². The summed E-state index contributed by atoms with van der Waals surface area (Å²) in [5.41, 5.74) is 9.52. The number of hydrogen-bond donors (Lipinski definition) is 2. The van der Waals surface area contributed by atoms with Gasteiger partial charge in [0.1, 0.15) is 29.3 Å². The first-order valence-corrected chi connectivity index (χ1v) is 18.8. The molecule has 10 aromatic rings. The first kappa shape index (κ1) is 31.5. The van der Waals surface area contributed by atoms with Crippen LogP contribution in [0.5, 0.6) is 0 Å². The lowest BCUT2D eigenvalue weighted by atomic mass is 9.94. The van der Waals surface area contributed by atoms with Crippen molar-refractivity contribution in [3.63, 3.8) is 0 Å². The summed E-state index contributed by atoms with van der Waals surface area (Å²) in [6.45, 7) is 0. The van der Waals surface area contributed by atoms with Gasteiger partial charge in [-0.3, -0.25) is 5.32 Å². The van der Waals surface area contributed by atoms with E-state index in [4.69, 9.17) is 9.41 Å². The Morgan fingerprint density at radius 1 is 0.455 bits per heavy atom. The van der Waals surface area contributed by atoms with Crippen LogP contribution >= 0.6 is 0 Å². The average Bonchev–Trinajstić information content (AvgIpc) is 3.63. The number of aliphatic imine (C=N–C) groups is 1. The van der Waals surface area contributed by atoms with Crippen LogP contribution in [0.2, 0.25) is 0 Å². The summed E-state index contributed by atoms with van der Waals surface area (Å²) in [5, 5.41) is 17.0. The van der Waals surface area contributed by atoms with Gasteiger partial charge in [-0.2, -0.15) is 0 Å². The Bertz CT molecular complexity index is 3110. The fraction of sp³-hybridized carbons (Fsp3) is 0.0392. The highest BCUT2D eigenvalue weighted by Gasteiger charge is 2.29. The van der Waals surface area contributed by atoms with Crippen LogP contribution in [0.3, 0.4) is 0 Å². The Balaban J connectivity index is 1.07. The fourth-order valence-electron chi connectivity index (χ4n) is 8.28. The molecule has 0 aliphatic carbocycles. The van der Waals surface area contributed by atoms with E-state index in [0.29, 0.717) is 0 Å². The lowest BCUT2D eigenvalue weighted by Gasteiger charge is -2.32. The number of hydrogen-bond acceptors (Lipinski definition) is 4. The van der Waals surface area contributed by atoms with E-state index in [9.17, 15) is 0 Å². The summed E-state index contributed by atoms with van der Waals surface area (Å²) in [5.74, 6) is 0.849. The summed E-state index contributed by atoms with van der Waals surface area (Å²) in [6.07, 6.45) is -0.536. The van der Waals surface area contributed by atoms with E-state index in [1.165, 1.54) is 38.1 Å². The minimum Gasteiger partial charge on any atom is -0.455 e. The van der Waals surface area contributed by atoms with Crippen LogP contribution < -0.4 is 10.6 Å². The Morgan fingerprint density at radius 2 is 1.05 bits per heavy atom. The highest BCUT2D eigenvalue weighted by Crippen LogP contribution is 2.43. The van der Waals surface area contributed by atoms with E-state index in [1.807, 2.05) is 6.07 Å². The van der Waals surface area contributed by atoms with Gasteiger partial charge in [0.2, 0.25) is 0 Å². The third-order valence-electron chi connectivity index (χ3n) is 11.1. The van der Waals surface area contributed by atoms with Crippen molar-refractivity contribution >= 4 is 60.1 Å². The molecule has 2 unspecified atom stereocenters. The Morgan fingerprint density at radius 3 is 1.80 bits per heavy atom. The second-order valence-corrected chi connectivity index (χ2v) is 14.4. The zero-order valence-electron chi connectivity index (χ0n) is 29.9. The summed E-state index contributed by atoms with van der Waals surface area (Å²) < 4.78 is 6.92. The predicted molar refractivity (Wildman–Crippen MR) is 228 cm³/mol. The van der Waals surface area contributed by atoms with Gasteiger partial charge in [0.15, 0.2) is 0 Å². The molecule has 0 saturated heterocycles. The van der Waals surface area contributed by atoms with E-state index in [0.717, 1.165) is 61.0 Å². The van der Waals surface area contributed by atoms with Gasteiger partial charge in [-0.05, 0) is 78.8 Å². The van der Waals surface area contributed by atoms with Crippen molar-refractivity contribution in [1.29, 1.82) is 0 Å². The van der Waals surface area contributed by atoms with Crippen LogP contribution in [-0.2, 0) is 0 Å². The minimum atomic E-state index is -0.355. The zero-order valence-corrected chi connectivity index (χ0v) is 29.9. The van der Waals surface area contributed by atoms with Gasteiger partial charge in [0.05, 0.1) is 0 Å². The first-order valence-electron chi connectivity index (χ1n) is 18.8. The van der Waals surface area contributed by atoms with Gasteiger partial charge in [-0.15, -0.1) is 0 Å². The number of amidine groups is 1. The van der Waals surface area contributed by atoms with Gasteiger partial charge < -0.3 is 9.73 Å². The normalized spacial score (nSPS) is 15.8. The van der Waals surface area contributed by atoms with Crippen LogP contribution in [0, 0.1) is 0 Å². The highest BCUT2D eigenvalue weighted by molar-refractivity contribution is 6.15. The molecule has 9 aromatic carbocycles. The smallest absolute Gasteiger partial charge is 0.143 e. The van der Waals surface area contributed by atoms with Gasteiger partial charge in [-0.25, -0.2) is 4.99 Å². The molecule has 0 radical (unpaired) electrons. The molecule has 0 spiro atoms. The van der Waals surface area contributed by atoms with Gasteiger partial charge in [-0.1, -0.05) is 164 Å². The van der Waals surface area contributed by atoms with Crippen molar-refractivity contribution in [2.24, 2.45) is 4.99 Å². The fourth-order valence-corrected chi connectivity index (χ4v) is 8.28. The van der Waals surface area contributed by atoms with Crippen molar-refractivity contribution < 1.29 is 4.42 Å². The second-order valence-electron chi connectivity index (χ2n) is 14.4. The van der Waals surface area contributed by atoms with E-state index >= 15 is 0 Å². The molecule has 0 amide bonds. The third kappa shape index (κ3) is 5.54. The standard InChI is InChI=1S/C51H35N3O/c1-2-12-36(13-3-1)49-52-50(42-25-21-33-11-5-7-15-38(33)29-42)54-51(53-49)44-27-26-43(48-47(44)45-30-39-16-8-9-17-40(39)31-46(45)55-48)35-22-18-34(19-23-35)41-24-20-32-10-4-6-14-37(32)28-41/h1-31,50-51,54H,(H,52,53). The second kappa shape index (κ2) is 12.8. The monoisotopic (exact) mass is 705 g/mol. The molecule has 260 valence electrons. The number of furan rings is 1. The molecule has 0 fully saturated rings. The molecule has 1 aromatic heterocycles. The Hall–Kier alpha value is -7.01. The summed E-state index contributed by atoms with van der Waals surface area (Å²) in [7, 11) is 0. The van der Waals surface area contributed by atoms with Crippen molar-refractivity contribution in [2.45, 2.75) is 12.3 Å². The third-order valence-corrected chi connectivity index (χ3v) is 11.1. The molecule has 1 aliphatic heterocycles. The maximum absolute atomic E-state index is 6.92. The van der Waals surface area contributed by atoms with E-state index in [-0.39, 0.29) is 12.3 Å². The first-order chi connectivity index (χ1) is 27.2. The van der Waals surface area contributed by atoms with Crippen molar-refractivity contribution in [3.05, 3.63) is 205 Å². The largest absolute Gasteiger partial charge is 0.455 e. The van der Waals surface area contributed by atoms with Gasteiger partial charge in [0.25, 0.3) is 0 Å². The molecule has 0 bridgehead atoms. The maximum atomic E-state index is 6.92. The molecular formula is C51H35N3O.